The Labute approximate surface area is 150 Å². The van der Waals surface area contributed by atoms with E-state index >= 15 is 0 Å². The van der Waals surface area contributed by atoms with Gasteiger partial charge >= 0.3 is 0 Å². The molecule has 3 fully saturated rings. The number of nitrogens with one attached hydrogen (secondary N) is 1. The van der Waals surface area contributed by atoms with Gasteiger partial charge in [-0.1, -0.05) is 0 Å². The van der Waals surface area contributed by atoms with Crippen LogP contribution in [0, 0.1) is 5.92 Å². The second-order valence-electron chi connectivity index (χ2n) is 7.09. The van der Waals surface area contributed by atoms with Gasteiger partial charge in [0.15, 0.2) is 0 Å². The molecule has 1 amide bonds. The fourth-order valence-electron chi connectivity index (χ4n) is 3.97. The van der Waals surface area contributed by atoms with E-state index in [1.165, 1.54) is 11.5 Å². The highest BCUT2D eigenvalue weighted by Gasteiger charge is 2.46. The van der Waals surface area contributed by atoms with Crippen LogP contribution in [0.5, 0.6) is 0 Å². The molecular formula is C17H20N6OS. The summed E-state index contributed by atoms with van der Waals surface area (Å²) in [5.74, 6) is 2.21. The third-order valence-electron chi connectivity index (χ3n) is 5.32. The molecule has 1 N–H and O–H groups in total. The Hall–Kier alpha value is -2.22. The summed E-state index contributed by atoms with van der Waals surface area (Å²) in [6.07, 6.45) is 7.93. The lowest BCUT2D eigenvalue weighted by Gasteiger charge is -2.41. The number of anilines is 3. The molecule has 1 aliphatic carbocycles. The summed E-state index contributed by atoms with van der Waals surface area (Å²) in [5.41, 5.74) is 0.905. The van der Waals surface area contributed by atoms with E-state index in [9.17, 15) is 4.79 Å². The predicted molar refractivity (Wildman–Crippen MR) is 96.0 cm³/mol. The van der Waals surface area contributed by atoms with Crippen molar-refractivity contribution < 1.29 is 4.79 Å². The minimum absolute atomic E-state index is 0.309. The second kappa shape index (κ2) is 5.94. The molecule has 130 valence electrons. The number of carbonyl (C=O) groups excluding carboxylic acids is 1. The average Bonchev–Trinajstić information content (AvgIpc) is 3.30. The molecule has 2 aliphatic heterocycles. The predicted octanol–water partition coefficient (Wildman–Crippen LogP) is 2.27. The maximum Gasteiger partial charge on any atom is 0.229 e. The average molecular weight is 356 g/mol. The van der Waals surface area contributed by atoms with E-state index in [-0.39, 0.29) is 0 Å². The van der Waals surface area contributed by atoms with Gasteiger partial charge in [-0.15, -0.1) is 0 Å². The number of hydrogen-bond acceptors (Lipinski definition) is 7. The van der Waals surface area contributed by atoms with Crippen molar-refractivity contribution in [2.75, 3.05) is 23.3 Å². The van der Waals surface area contributed by atoms with Gasteiger partial charge in [0.1, 0.15) is 5.82 Å². The smallest absolute Gasteiger partial charge is 0.229 e. The highest BCUT2D eigenvalue weighted by molar-refractivity contribution is 7.04. The van der Waals surface area contributed by atoms with Gasteiger partial charge in [0, 0.05) is 42.7 Å². The second-order valence-corrected chi connectivity index (χ2v) is 7.74. The SMILES string of the molecule is O=C(C1CC1)N1C2CCC1CN(c1ccnc(Nc3cnsc3)n1)C2. The Morgan fingerprint density at radius 3 is 2.68 bits per heavy atom. The Bertz CT molecular complexity index is 763. The van der Waals surface area contributed by atoms with E-state index in [0.29, 0.717) is 29.9 Å². The molecule has 0 radical (unpaired) electrons. The zero-order chi connectivity index (χ0) is 16.8. The molecule has 25 heavy (non-hydrogen) atoms. The highest BCUT2D eigenvalue weighted by Crippen LogP contribution is 2.38. The van der Waals surface area contributed by atoms with Gasteiger partial charge in [-0.2, -0.15) is 9.36 Å². The van der Waals surface area contributed by atoms with Crippen LogP contribution in [0.25, 0.3) is 0 Å². The molecule has 0 aromatic carbocycles. The van der Waals surface area contributed by atoms with E-state index in [1.807, 2.05) is 11.4 Å². The first kappa shape index (κ1) is 15.1. The molecule has 8 heteroatoms. The fraction of sp³-hybridized carbons (Fsp3) is 0.529. The lowest BCUT2D eigenvalue weighted by atomic mass is 10.1. The van der Waals surface area contributed by atoms with Crippen LogP contribution in [-0.2, 0) is 4.79 Å². The van der Waals surface area contributed by atoms with Crippen molar-refractivity contribution in [2.45, 2.75) is 37.8 Å². The number of fused-ring (bicyclic) bond motifs is 2. The van der Waals surface area contributed by atoms with Crippen LogP contribution in [0.4, 0.5) is 17.5 Å². The Kier molecular flexibility index (Phi) is 3.58. The van der Waals surface area contributed by atoms with E-state index < -0.39 is 0 Å². The number of carbonyl (C=O) groups is 1. The summed E-state index contributed by atoms with van der Waals surface area (Å²) in [5, 5.41) is 5.12. The van der Waals surface area contributed by atoms with Crippen LogP contribution in [0.2, 0.25) is 0 Å². The molecule has 1 saturated carbocycles. The number of piperazine rings is 1. The summed E-state index contributed by atoms with van der Waals surface area (Å²) < 4.78 is 4.08. The lowest BCUT2D eigenvalue weighted by molar-refractivity contribution is -0.135. The van der Waals surface area contributed by atoms with Crippen molar-refractivity contribution in [2.24, 2.45) is 5.92 Å². The fourth-order valence-corrected chi connectivity index (χ4v) is 4.44. The minimum atomic E-state index is 0.309. The van der Waals surface area contributed by atoms with Gasteiger partial charge in [-0.25, -0.2) is 4.98 Å². The van der Waals surface area contributed by atoms with Crippen LogP contribution in [0.3, 0.4) is 0 Å². The third-order valence-corrected chi connectivity index (χ3v) is 5.90. The van der Waals surface area contributed by atoms with Crippen LogP contribution in [0.15, 0.2) is 23.8 Å². The monoisotopic (exact) mass is 356 g/mol. The summed E-state index contributed by atoms with van der Waals surface area (Å²) in [6.45, 7) is 1.73. The lowest BCUT2D eigenvalue weighted by Crippen LogP contribution is -2.56. The number of nitrogens with zero attached hydrogens (tertiary/aromatic N) is 5. The van der Waals surface area contributed by atoms with Crippen molar-refractivity contribution in [3.63, 3.8) is 0 Å². The number of amides is 1. The van der Waals surface area contributed by atoms with E-state index in [0.717, 1.165) is 50.3 Å². The maximum absolute atomic E-state index is 12.6. The molecule has 2 saturated heterocycles. The molecule has 2 atom stereocenters. The molecule has 2 bridgehead atoms. The minimum Gasteiger partial charge on any atom is -0.352 e. The first-order chi connectivity index (χ1) is 12.3. The highest BCUT2D eigenvalue weighted by atomic mass is 32.1. The van der Waals surface area contributed by atoms with Gasteiger partial charge in [-0.05, 0) is 43.3 Å². The summed E-state index contributed by atoms with van der Waals surface area (Å²) in [7, 11) is 0. The summed E-state index contributed by atoms with van der Waals surface area (Å²) in [6, 6.07) is 2.62. The van der Waals surface area contributed by atoms with Crippen molar-refractivity contribution in [1.29, 1.82) is 0 Å². The van der Waals surface area contributed by atoms with Gasteiger partial charge < -0.3 is 15.1 Å². The first-order valence-corrected chi connectivity index (χ1v) is 9.68. The van der Waals surface area contributed by atoms with Crippen molar-refractivity contribution in [3.8, 4) is 0 Å². The van der Waals surface area contributed by atoms with Gasteiger partial charge in [0.05, 0.1) is 11.9 Å². The van der Waals surface area contributed by atoms with Gasteiger partial charge in [0.2, 0.25) is 11.9 Å². The Balaban J connectivity index is 1.32. The van der Waals surface area contributed by atoms with Gasteiger partial charge in [0.25, 0.3) is 0 Å². The molecule has 2 aromatic heterocycles. The Morgan fingerprint density at radius 2 is 2.00 bits per heavy atom. The van der Waals surface area contributed by atoms with Crippen LogP contribution >= 0.6 is 11.5 Å². The molecule has 0 spiro atoms. The number of aromatic nitrogens is 3. The topological polar surface area (TPSA) is 74.2 Å². The van der Waals surface area contributed by atoms with E-state index in [4.69, 9.17) is 0 Å². The molecular weight excluding hydrogens is 336 g/mol. The van der Waals surface area contributed by atoms with Crippen molar-refractivity contribution in [3.05, 3.63) is 23.8 Å². The van der Waals surface area contributed by atoms with Crippen molar-refractivity contribution in [1.82, 2.24) is 19.2 Å². The summed E-state index contributed by atoms with van der Waals surface area (Å²) >= 11 is 1.39. The molecule has 5 rings (SSSR count). The van der Waals surface area contributed by atoms with E-state index in [1.54, 1.807) is 12.4 Å². The Morgan fingerprint density at radius 1 is 1.20 bits per heavy atom. The largest absolute Gasteiger partial charge is 0.352 e. The first-order valence-electron chi connectivity index (χ1n) is 8.84. The molecule has 2 unspecified atom stereocenters. The summed E-state index contributed by atoms with van der Waals surface area (Å²) in [4.78, 5) is 26.0. The zero-order valence-corrected chi connectivity index (χ0v) is 14.7. The van der Waals surface area contributed by atoms with Crippen LogP contribution in [-0.4, -0.2) is 50.3 Å². The zero-order valence-electron chi connectivity index (χ0n) is 13.8. The normalized spacial score (nSPS) is 25.3. The van der Waals surface area contributed by atoms with Crippen LogP contribution in [0.1, 0.15) is 25.7 Å². The quantitative estimate of drug-likeness (QED) is 0.906. The standard InChI is InChI=1S/C17H20N6OS/c24-16(11-1-2-11)23-13-3-4-14(23)9-22(8-13)15-5-6-18-17(21-15)20-12-7-19-25-10-12/h5-7,10-11,13-14H,1-4,8-9H2,(H,18,20,21). The van der Waals surface area contributed by atoms with Crippen molar-refractivity contribution >= 4 is 34.9 Å². The molecule has 7 nitrogen and oxygen atoms in total. The van der Waals surface area contributed by atoms with Crippen LogP contribution < -0.4 is 10.2 Å². The molecule has 4 heterocycles. The van der Waals surface area contributed by atoms with E-state index in [2.05, 4.69) is 29.5 Å². The number of rotatable bonds is 4. The number of hydrogen-bond donors (Lipinski definition) is 1. The third kappa shape index (κ3) is 2.84. The maximum atomic E-state index is 12.6. The van der Waals surface area contributed by atoms with Gasteiger partial charge in [-0.3, -0.25) is 4.79 Å². The molecule has 2 aromatic rings. The molecule has 3 aliphatic rings.